The van der Waals surface area contributed by atoms with Crippen LogP contribution in [0.15, 0.2) is 0 Å². The van der Waals surface area contributed by atoms with Crippen molar-refractivity contribution in [3.63, 3.8) is 0 Å². The van der Waals surface area contributed by atoms with E-state index in [0.717, 1.165) is 44.8 Å². The lowest BCUT2D eigenvalue weighted by Crippen LogP contribution is -2.30. The van der Waals surface area contributed by atoms with Crippen molar-refractivity contribution in [1.29, 1.82) is 0 Å². The summed E-state index contributed by atoms with van der Waals surface area (Å²) in [6, 6.07) is 0. The minimum atomic E-state index is 0.708. The number of nitrogens with zero attached hydrogens (tertiary/aromatic N) is 2. The van der Waals surface area contributed by atoms with Crippen molar-refractivity contribution >= 4 is 0 Å². The molecule has 0 aromatic carbocycles. The van der Waals surface area contributed by atoms with E-state index in [0.29, 0.717) is 5.92 Å². The quantitative estimate of drug-likeness (QED) is 0.793. The third-order valence-corrected chi connectivity index (χ3v) is 3.86. The summed E-state index contributed by atoms with van der Waals surface area (Å²) in [5.74, 6) is 1.70. The second-order valence-corrected chi connectivity index (χ2v) is 5.31. The topological polar surface area (TPSA) is 47.0 Å². The molecule has 1 N–H and O–H groups in total. The molecule has 106 valence electrons. The van der Waals surface area contributed by atoms with Crippen molar-refractivity contribution in [2.45, 2.75) is 39.5 Å². The molecule has 0 aliphatic heterocycles. The predicted molar refractivity (Wildman–Crippen MR) is 76.4 cm³/mol. The molecule has 1 aromatic rings. The minimum Gasteiger partial charge on any atom is -0.383 e. The summed E-state index contributed by atoms with van der Waals surface area (Å²) in [5.41, 5.74) is 3.86. The Labute approximate surface area is 116 Å². The van der Waals surface area contributed by atoms with Crippen LogP contribution in [-0.4, -0.2) is 36.8 Å². The molecule has 19 heavy (non-hydrogen) atoms. The van der Waals surface area contributed by atoms with Gasteiger partial charge in [0.25, 0.3) is 0 Å². The van der Waals surface area contributed by atoms with E-state index in [-0.39, 0.29) is 0 Å². The lowest BCUT2D eigenvalue weighted by Gasteiger charge is -2.25. The van der Waals surface area contributed by atoms with E-state index in [4.69, 9.17) is 4.74 Å². The number of rotatable bonds is 6. The molecule has 0 fully saturated rings. The van der Waals surface area contributed by atoms with Gasteiger partial charge in [0.1, 0.15) is 5.82 Å². The van der Waals surface area contributed by atoms with Crippen molar-refractivity contribution in [2.24, 2.45) is 5.92 Å². The molecule has 2 rings (SSSR count). The maximum absolute atomic E-state index is 5.05. The van der Waals surface area contributed by atoms with E-state index in [1.165, 1.54) is 23.4 Å². The lowest BCUT2D eigenvalue weighted by molar-refractivity contribution is 0.197. The molecule has 0 bridgehead atoms. The highest BCUT2D eigenvalue weighted by atomic mass is 16.5. The van der Waals surface area contributed by atoms with Crippen LogP contribution in [0.3, 0.4) is 0 Å². The minimum absolute atomic E-state index is 0.708. The van der Waals surface area contributed by atoms with Gasteiger partial charge in [-0.15, -0.1) is 0 Å². The van der Waals surface area contributed by atoms with Gasteiger partial charge < -0.3 is 10.1 Å². The van der Waals surface area contributed by atoms with Crippen LogP contribution in [-0.2, 0) is 24.0 Å². The standard InChI is InChI=1S/C15H25N3O/c1-4-15-17-11(2)13-9-12(5-6-14(13)18-15)10-16-7-8-19-3/h12,16H,4-10H2,1-3H3. The number of aryl methyl sites for hydroxylation is 3. The van der Waals surface area contributed by atoms with Crippen LogP contribution in [0.5, 0.6) is 0 Å². The molecule has 1 atom stereocenters. The Morgan fingerprint density at radius 2 is 2.21 bits per heavy atom. The van der Waals surface area contributed by atoms with Gasteiger partial charge in [-0.25, -0.2) is 9.97 Å². The first-order valence-corrected chi connectivity index (χ1v) is 7.29. The Hall–Kier alpha value is -1.00. The molecule has 0 saturated heterocycles. The fourth-order valence-electron chi connectivity index (χ4n) is 2.73. The largest absolute Gasteiger partial charge is 0.383 e. The van der Waals surface area contributed by atoms with Crippen LogP contribution in [0, 0.1) is 12.8 Å². The highest BCUT2D eigenvalue weighted by Crippen LogP contribution is 2.25. The van der Waals surface area contributed by atoms with Crippen molar-refractivity contribution in [3.05, 3.63) is 22.8 Å². The van der Waals surface area contributed by atoms with Crippen LogP contribution in [0.4, 0.5) is 0 Å². The second kappa shape index (κ2) is 6.96. The number of nitrogens with one attached hydrogen (secondary N) is 1. The zero-order chi connectivity index (χ0) is 13.7. The molecule has 0 amide bonds. The number of hydrogen-bond acceptors (Lipinski definition) is 4. The van der Waals surface area contributed by atoms with Gasteiger partial charge in [0.2, 0.25) is 0 Å². The maximum Gasteiger partial charge on any atom is 0.128 e. The first kappa shape index (κ1) is 14.4. The normalized spacial score (nSPS) is 18.4. The van der Waals surface area contributed by atoms with E-state index in [1.54, 1.807) is 7.11 Å². The number of fused-ring (bicyclic) bond motifs is 1. The summed E-state index contributed by atoms with van der Waals surface area (Å²) < 4.78 is 5.05. The van der Waals surface area contributed by atoms with E-state index in [9.17, 15) is 0 Å². The van der Waals surface area contributed by atoms with Crippen LogP contribution in [0.1, 0.15) is 36.1 Å². The van der Waals surface area contributed by atoms with Gasteiger partial charge in [0.05, 0.1) is 6.61 Å². The Morgan fingerprint density at radius 3 is 2.95 bits per heavy atom. The SMILES string of the molecule is CCc1nc(C)c2c(n1)CCC(CNCCOC)C2. The monoisotopic (exact) mass is 263 g/mol. The third kappa shape index (κ3) is 3.74. The number of ether oxygens (including phenoxy) is 1. The van der Waals surface area contributed by atoms with Crippen molar-refractivity contribution in [2.75, 3.05) is 26.8 Å². The Bertz CT molecular complexity index is 420. The van der Waals surface area contributed by atoms with Crippen LogP contribution in [0.25, 0.3) is 0 Å². The molecular weight excluding hydrogens is 238 g/mol. The number of hydrogen-bond donors (Lipinski definition) is 1. The molecule has 1 aromatic heterocycles. The zero-order valence-electron chi connectivity index (χ0n) is 12.3. The van der Waals surface area contributed by atoms with E-state index >= 15 is 0 Å². The summed E-state index contributed by atoms with van der Waals surface area (Å²) in [7, 11) is 1.74. The van der Waals surface area contributed by atoms with Crippen LogP contribution < -0.4 is 5.32 Å². The molecule has 1 aliphatic carbocycles. The molecule has 4 nitrogen and oxygen atoms in total. The Balaban J connectivity index is 1.95. The Morgan fingerprint density at radius 1 is 1.37 bits per heavy atom. The predicted octanol–water partition coefficient (Wildman–Crippen LogP) is 1.69. The molecule has 1 heterocycles. The van der Waals surface area contributed by atoms with E-state index < -0.39 is 0 Å². The van der Waals surface area contributed by atoms with Gasteiger partial charge in [-0.1, -0.05) is 6.92 Å². The first-order valence-electron chi connectivity index (χ1n) is 7.29. The summed E-state index contributed by atoms with van der Waals surface area (Å²) in [6.45, 7) is 7.03. The Kier molecular flexibility index (Phi) is 5.28. The van der Waals surface area contributed by atoms with Gasteiger partial charge in [-0.3, -0.25) is 0 Å². The molecule has 0 spiro atoms. The number of methoxy groups -OCH3 is 1. The zero-order valence-corrected chi connectivity index (χ0v) is 12.3. The molecule has 0 radical (unpaired) electrons. The van der Waals surface area contributed by atoms with E-state index in [1.807, 2.05) is 0 Å². The van der Waals surface area contributed by atoms with Gasteiger partial charge in [-0.05, 0) is 44.2 Å². The van der Waals surface area contributed by atoms with Crippen LogP contribution >= 0.6 is 0 Å². The second-order valence-electron chi connectivity index (χ2n) is 5.31. The van der Waals surface area contributed by atoms with Crippen molar-refractivity contribution in [3.8, 4) is 0 Å². The average molecular weight is 263 g/mol. The molecule has 1 aliphatic rings. The van der Waals surface area contributed by atoms with Gasteiger partial charge in [0.15, 0.2) is 0 Å². The molecule has 4 heteroatoms. The maximum atomic E-state index is 5.05. The van der Waals surface area contributed by atoms with E-state index in [2.05, 4.69) is 29.1 Å². The summed E-state index contributed by atoms with van der Waals surface area (Å²) >= 11 is 0. The fraction of sp³-hybridized carbons (Fsp3) is 0.733. The van der Waals surface area contributed by atoms with Gasteiger partial charge in [0, 0.05) is 31.5 Å². The molecular formula is C15H25N3O. The fourth-order valence-corrected chi connectivity index (χ4v) is 2.73. The summed E-state index contributed by atoms with van der Waals surface area (Å²) in [5, 5.41) is 3.46. The molecule has 1 unspecified atom stereocenters. The first-order chi connectivity index (χ1) is 9.24. The highest BCUT2D eigenvalue weighted by molar-refractivity contribution is 5.28. The van der Waals surface area contributed by atoms with Crippen LogP contribution in [0.2, 0.25) is 0 Å². The van der Waals surface area contributed by atoms with Crippen molar-refractivity contribution < 1.29 is 4.74 Å². The molecule has 0 saturated carbocycles. The van der Waals surface area contributed by atoms with Gasteiger partial charge in [-0.2, -0.15) is 0 Å². The highest BCUT2D eigenvalue weighted by Gasteiger charge is 2.22. The van der Waals surface area contributed by atoms with Gasteiger partial charge >= 0.3 is 0 Å². The average Bonchev–Trinajstić information content (AvgIpc) is 2.44. The van der Waals surface area contributed by atoms with Crippen molar-refractivity contribution in [1.82, 2.24) is 15.3 Å². The summed E-state index contributed by atoms with van der Waals surface area (Å²) in [4.78, 5) is 9.28. The third-order valence-electron chi connectivity index (χ3n) is 3.86. The summed E-state index contributed by atoms with van der Waals surface area (Å²) in [6.07, 6.45) is 4.37. The lowest BCUT2D eigenvalue weighted by atomic mass is 9.85. The number of aromatic nitrogens is 2. The smallest absolute Gasteiger partial charge is 0.128 e.